The molecule has 3 nitrogen and oxygen atoms in total. The quantitative estimate of drug-likeness (QED) is 0.861. The van der Waals surface area contributed by atoms with Gasteiger partial charge in [0.05, 0.1) is 11.1 Å². The summed E-state index contributed by atoms with van der Waals surface area (Å²) in [5.74, 6) is -0.377. The van der Waals surface area contributed by atoms with Gasteiger partial charge in [0.2, 0.25) is 0 Å². The predicted octanol–water partition coefficient (Wildman–Crippen LogP) is 4.29. The molecule has 3 rings (SSSR count). The topological polar surface area (TPSA) is 24.5 Å². The van der Waals surface area contributed by atoms with Crippen LogP contribution in [0.1, 0.15) is 16.5 Å². The van der Waals surface area contributed by atoms with E-state index >= 15 is 0 Å². The smallest absolute Gasteiger partial charge is 0.404 e. The summed E-state index contributed by atoms with van der Waals surface area (Å²) >= 11 is 7.65. The Kier molecular flexibility index (Phi) is 5.34. The van der Waals surface area contributed by atoms with Crippen molar-refractivity contribution in [1.29, 1.82) is 0 Å². The number of ether oxygens (including phenoxy) is 1. The zero-order valence-corrected chi connectivity index (χ0v) is 14.2. The van der Waals surface area contributed by atoms with Crippen LogP contribution in [-0.2, 0) is 0 Å². The molecular formula is C16H16ClF3N2OS. The van der Waals surface area contributed by atoms with Gasteiger partial charge < -0.3 is 10.1 Å². The molecule has 0 amide bonds. The number of nitrogens with zero attached hydrogens (tertiary/aromatic N) is 1. The molecule has 8 heteroatoms. The molecule has 130 valence electrons. The number of piperazine rings is 1. The molecule has 1 saturated heterocycles. The lowest BCUT2D eigenvalue weighted by Gasteiger charge is -2.35. The van der Waals surface area contributed by atoms with Crippen LogP contribution in [0.15, 0.2) is 35.7 Å². The van der Waals surface area contributed by atoms with Gasteiger partial charge in [-0.05, 0) is 29.1 Å². The normalized spacial score (nSPS) is 17.7. The van der Waals surface area contributed by atoms with Gasteiger partial charge in [0.15, 0.2) is 0 Å². The highest BCUT2D eigenvalue weighted by atomic mass is 35.5. The summed E-state index contributed by atoms with van der Waals surface area (Å²) in [4.78, 5) is 3.44. The molecule has 2 heterocycles. The van der Waals surface area contributed by atoms with Gasteiger partial charge in [0, 0.05) is 31.1 Å². The third-order valence-corrected chi connectivity index (χ3v) is 5.05. The van der Waals surface area contributed by atoms with Crippen LogP contribution in [0.4, 0.5) is 13.2 Å². The SMILES string of the molecule is FC(F)(F)Oc1ccc([C@@H](c2cccs2)N2CCNCC2)cc1Cl. The lowest BCUT2D eigenvalue weighted by molar-refractivity contribution is -0.274. The van der Waals surface area contributed by atoms with E-state index in [0.717, 1.165) is 36.6 Å². The van der Waals surface area contributed by atoms with E-state index in [0.29, 0.717) is 0 Å². The second-order valence-corrected chi connectivity index (χ2v) is 6.83. The van der Waals surface area contributed by atoms with Crippen molar-refractivity contribution in [2.24, 2.45) is 0 Å². The van der Waals surface area contributed by atoms with Gasteiger partial charge in [-0.1, -0.05) is 23.7 Å². The number of hydrogen-bond donors (Lipinski definition) is 1. The molecule has 0 bridgehead atoms. The highest BCUT2D eigenvalue weighted by Crippen LogP contribution is 2.37. The Hall–Kier alpha value is -1.28. The standard InChI is InChI=1S/C16H16ClF3N2OS/c17-12-10-11(3-4-13(12)23-16(18,19)20)15(14-2-1-9-24-14)22-7-5-21-6-8-22/h1-4,9-10,15,21H,5-8H2/t15-/m0/s1. The molecule has 2 aromatic rings. The third kappa shape index (κ3) is 4.22. The van der Waals surface area contributed by atoms with Crippen molar-refractivity contribution in [2.45, 2.75) is 12.4 Å². The summed E-state index contributed by atoms with van der Waals surface area (Å²) in [6.07, 6.45) is -4.75. The Balaban J connectivity index is 1.91. The molecule has 1 N–H and O–H groups in total. The summed E-state index contributed by atoms with van der Waals surface area (Å²) in [5, 5.41) is 5.26. The number of nitrogens with one attached hydrogen (secondary N) is 1. The fourth-order valence-electron chi connectivity index (χ4n) is 2.84. The minimum atomic E-state index is -4.75. The van der Waals surface area contributed by atoms with Gasteiger partial charge in [0.1, 0.15) is 5.75 Å². The summed E-state index contributed by atoms with van der Waals surface area (Å²) < 4.78 is 41.2. The molecule has 1 aromatic heterocycles. The number of thiophene rings is 1. The van der Waals surface area contributed by atoms with Crippen molar-refractivity contribution in [1.82, 2.24) is 10.2 Å². The summed E-state index contributed by atoms with van der Waals surface area (Å²) in [7, 11) is 0. The first-order chi connectivity index (χ1) is 11.4. The van der Waals surface area contributed by atoms with Crippen LogP contribution in [0.25, 0.3) is 0 Å². The van der Waals surface area contributed by atoms with Gasteiger partial charge in [-0.2, -0.15) is 0 Å². The number of hydrogen-bond acceptors (Lipinski definition) is 4. The van der Waals surface area contributed by atoms with Crippen molar-refractivity contribution < 1.29 is 17.9 Å². The van der Waals surface area contributed by atoms with Gasteiger partial charge in [-0.3, -0.25) is 4.90 Å². The largest absolute Gasteiger partial charge is 0.573 e. The molecule has 1 aliphatic rings. The molecule has 1 aromatic carbocycles. The van der Waals surface area contributed by atoms with Crippen LogP contribution in [0.3, 0.4) is 0 Å². The predicted molar refractivity (Wildman–Crippen MR) is 88.7 cm³/mol. The molecule has 0 saturated carbocycles. The Morgan fingerprint density at radius 2 is 1.96 bits per heavy atom. The van der Waals surface area contributed by atoms with Crippen LogP contribution in [0.5, 0.6) is 5.75 Å². The maximum Gasteiger partial charge on any atom is 0.573 e. The molecule has 24 heavy (non-hydrogen) atoms. The second-order valence-electron chi connectivity index (χ2n) is 5.44. The molecule has 1 atom stereocenters. The van der Waals surface area contributed by atoms with E-state index in [2.05, 4.69) is 15.0 Å². The van der Waals surface area contributed by atoms with Gasteiger partial charge in [-0.15, -0.1) is 24.5 Å². The number of alkyl halides is 3. The minimum Gasteiger partial charge on any atom is -0.404 e. The molecule has 0 aliphatic carbocycles. The average molecular weight is 377 g/mol. The molecule has 1 fully saturated rings. The first-order valence-electron chi connectivity index (χ1n) is 7.47. The Bertz CT molecular complexity index is 672. The fourth-order valence-corrected chi connectivity index (χ4v) is 3.95. The van der Waals surface area contributed by atoms with Crippen LogP contribution >= 0.6 is 22.9 Å². The highest BCUT2D eigenvalue weighted by Gasteiger charge is 2.32. The first-order valence-corrected chi connectivity index (χ1v) is 8.73. The number of rotatable bonds is 4. The van der Waals surface area contributed by atoms with Crippen molar-refractivity contribution >= 4 is 22.9 Å². The van der Waals surface area contributed by atoms with Gasteiger partial charge >= 0.3 is 6.36 Å². The monoisotopic (exact) mass is 376 g/mol. The van der Waals surface area contributed by atoms with Crippen molar-refractivity contribution in [3.63, 3.8) is 0 Å². The average Bonchev–Trinajstić information content (AvgIpc) is 3.04. The van der Waals surface area contributed by atoms with Crippen LogP contribution < -0.4 is 10.1 Å². The van der Waals surface area contributed by atoms with Crippen molar-refractivity contribution in [3.8, 4) is 5.75 Å². The summed E-state index contributed by atoms with van der Waals surface area (Å²) in [5.41, 5.74) is 0.860. The van der Waals surface area contributed by atoms with Crippen molar-refractivity contribution in [2.75, 3.05) is 26.2 Å². The summed E-state index contributed by atoms with van der Waals surface area (Å²) in [6, 6.07) is 8.48. The summed E-state index contributed by atoms with van der Waals surface area (Å²) in [6.45, 7) is 3.48. The van der Waals surface area contributed by atoms with Crippen LogP contribution in [0, 0.1) is 0 Å². The zero-order valence-electron chi connectivity index (χ0n) is 12.6. The Morgan fingerprint density at radius 3 is 2.54 bits per heavy atom. The Labute approximate surface area is 147 Å². The van der Waals surface area contributed by atoms with E-state index in [1.54, 1.807) is 23.5 Å². The number of benzene rings is 1. The maximum absolute atomic E-state index is 12.4. The lowest BCUT2D eigenvalue weighted by Crippen LogP contribution is -2.45. The van der Waals surface area contributed by atoms with E-state index in [1.807, 2.05) is 17.5 Å². The third-order valence-electron chi connectivity index (χ3n) is 3.83. The molecular weight excluding hydrogens is 361 g/mol. The zero-order chi connectivity index (χ0) is 17.2. The molecule has 0 spiro atoms. The minimum absolute atomic E-state index is 0.0236. The molecule has 0 radical (unpaired) electrons. The van der Waals surface area contributed by atoms with Gasteiger partial charge in [-0.25, -0.2) is 0 Å². The number of halogens is 4. The van der Waals surface area contributed by atoms with E-state index in [4.69, 9.17) is 11.6 Å². The Morgan fingerprint density at radius 1 is 1.21 bits per heavy atom. The van der Waals surface area contributed by atoms with Crippen LogP contribution in [0.2, 0.25) is 5.02 Å². The molecule has 1 aliphatic heterocycles. The fraction of sp³-hybridized carbons (Fsp3) is 0.375. The van der Waals surface area contributed by atoms with E-state index in [9.17, 15) is 13.2 Å². The lowest BCUT2D eigenvalue weighted by atomic mass is 10.0. The van der Waals surface area contributed by atoms with Crippen molar-refractivity contribution in [3.05, 3.63) is 51.2 Å². The van der Waals surface area contributed by atoms with E-state index in [-0.39, 0.29) is 16.8 Å². The highest BCUT2D eigenvalue weighted by molar-refractivity contribution is 7.10. The van der Waals surface area contributed by atoms with E-state index < -0.39 is 6.36 Å². The van der Waals surface area contributed by atoms with E-state index in [1.165, 1.54) is 6.07 Å². The maximum atomic E-state index is 12.4. The first kappa shape index (κ1) is 17.5. The second kappa shape index (κ2) is 7.31. The van der Waals surface area contributed by atoms with Crippen LogP contribution in [-0.4, -0.2) is 37.4 Å². The van der Waals surface area contributed by atoms with Gasteiger partial charge in [0.25, 0.3) is 0 Å². The molecule has 0 unspecified atom stereocenters.